The lowest BCUT2D eigenvalue weighted by Crippen LogP contribution is -2.13. The number of carbonyl (C=O) groups is 1. The summed E-state index contributed by atoms with van der Waals surface area (Å²) in [6.45, 7) is -2.97. The largest absolute Gasteiger partial charge is 0.435 e. The number of amides is 1. The molecule has 21 heavy (non-hydrogen) atoms. The van der Waals surface area contributed by atoms with Crippen LogP contribution in [0.2, 0.25) is 0 Å². The van der Waals surface area contributed by atoms with Crippen molar-refractivity contribution < 1.29 is 22.7 Å². The van der Waals surface area contributed by atoms with E-state index in [9.17, 15) is 18.0 Å². The number of nitrogens with one attached hydrogen (secondary N) is 1. The molecule has 2 rings (SSSR count). The zero-order valence-electron chi connectivity index (χ0n) is 10.4. The molecule has 7 heteroatoms. The van der Waals surface area contributed by atoms with E-state index in [0.717, 1.165) is 6.07 Å². The van der Waals surface area contributed by atoms with E-state index in [1.165, 1.54) is 36.4 Å². The van der Waals surface area contributed by atoms with Crippen LogP contribution in [0.5, 0.6) is 5.75 Å². The van der Waals surface area contributed by atoms with Gasteiger partial charge in [-0.2, -0.15) is 8.78 Å². The summed E-state index contributed by atoms with van der Waals surface area (Å²) in [6.07, 6.45) is 0. The van der Waals surface area contributed by atoms with Crippen LogP contribution in [-0.2, 0) is 0 Å². The number of carbonyl (C=O) groups excluding carboxylic acids is 1. The van der Waals surface area contributed by atoms with Crippen molar-refractivity contribution in [1.82, 2.24) is 0 Å². The van der Waals surface area contributed by atoms with Gasteiger partial charge in [0.25, 0.3) is 5.91 Å². The Labute approximate surface area is 126 Å². The van der Waals surface area contributed by atoms with Crippen LogP contribution in [0.1, 0.15) is 10.4 Å². The molecule has 2 aromatic carbocycles. The highest BCUT2D eigenvalue weighted by Crippen LogP contribution is 2.24. The van der Waals surface area contributed by atoms with Gasteiger partial charge in [0.05, 0.1) is 5.69 Å². The van der Waals surface area contributed by atoms with Crippen molar-refractivity contribution in [2.45, 2.75) is 6.61 Å². The van der Waals surface area contributed by atoms with E-state index in [4.69, 9.17) is 0 Å². The quantitative estimate of drug-likeness (QED) is 0.876. The first kappa shape index (κ1) is 15.4. The molecular weight excluding hydrogens is 351 g/mol. The van der Waals surface area contributed by atoms with Crippen molar-refractivity contribution in [3.05, 3.63) is 58.3 Å². The van der Waals surface area contributed by atoms with Crippen molar-refractivity contribution in [3.8, 4) is 5.75 Å². The minimum Gasteiger partial charge on any atom is -0.435 e. The molecule has 0 aromatic heterocycles. The molecule has 0 radical (unpaired) electrons. The number of halogens is 4. The van der Waals surface area contributed by atoms with Gasteiger partial charge >= 0.3 is 6.61 Å². The van der Waals surface area contributed by atoms with E-state index < -0.39 is 18.3 Å². The Bertz CT molecular complexity index is 664. The molecule has 0 aliphatic rings. The monoisotopic (exact) mass is 359 g/mol. The zero-order valence-corrected chi connectivity index (χ0v) is 12.0. The minimum absolute atomic E-state index is 0.115. The predicted octanol–water partition coefficient (Wildman–Crippen LogP) is 4.44. The van der Waals surface area contributed by atoms with Crippen LogP contribution in [0.3, 0.4) is 0 Å². The molecular formula is C14H9BrF3NO2. The number of benzene rings is 2. The third kappa shape index (κ3) is 4.22. The third-order valence-corrected chi connectivity index (χ3v) is 3.19. The van der Waals surface area contributed by atoms with Crippen LogP contribution in [0.4, 0.5) is 18.9 Å². The Morgan fingerprint density at radius 2 is 1.95 bits per heavy atom. The molecule has 0 spiro atoms. The van der Waals surface area contributed by atoms with Gasteiger partial charge in [-0.05, 0) is 52.3 Å². The van der Waals surface area contributed by atoms with Crippen LogP contribution in [0, 0.1) is 5.82 Å². The van der Waals surface area contributed by atoms with E-state index in [2.05, 4.69) is 26.0 Å². The Hall–Kier alpha value is -2.02. The maximum Gasteiger partial charge on any atom is 0.387 e. The topological polar surface area (TPSA) is 38.3 Å². The lowest BCUT2D eigenvalue weighted by atomic mass is 10.2. The summed E-state index contributed by atoms with van der Waals surface area (Å²) in [4.78, 5) is 12.0. The number of ether oxygens (including phenoxy) is 1. The molecule has 0 saturated carbocycles. The molecule has 2 aromatic rings. The first-order valence-electron chi connectivity index (χ1n) is 5.77. The van der Waals surface area contributed by atoms with Crippen molar-refractivity contribution >= 4 is 27.5 Å². The molecule has 0 bridgehead atoms. The Morgan fingerprint density at radius 3 is 2.67 bits per heavy atom. The minimum atomic E-state index is -2.97. The van der Waals surface area contributed by atoms with Gasteiger partial charge in [-0.3, -0.25) is 4.79 Å². The first-order chi connectivity index (χ1) is 9.95. The van der Waals surface area contributed by atoms with Crippen molar-refractivity contribution in [3.63, 3.8) is 0 Å². The average molecular weight is 360 g/mol. The second-order valence-electron chi connectivity index (χ2n) is 3.98. The smallest absolute Gasteiger partial charge is 0.387 e. The highest BCUT2D eigenvalue weighted by atomic mass is 79.9. The Kier molecular flexibility index (Phi) is 4.85. The molecule has 110 valence electrons. The summed E-state index contributed by atoms with van der Waals surface area (Å²) >= 11 is 3.17. The van der Waals surface area contributed by atoms with Crippen LogP contribution >= 0.6 is 15.9 Å². The molecule has 0 aliphatic carbocycles. The number of rotatable bonds is 4. The summed E-state index contributed by atoms with van der Waals surface area (Å²) in [7, 11) is 0. The molecule has 0 heterocycles. The summed E-state index contributed by atoms with van der Waals surface area (Å²) in [6, 6.07) is 9.14. The molecule has 0 fully saturated rings. The summed E-state index contributed by atoms with van der Waals surface area (Å²) < 4.78 is 42.1. The molecule has 0 atom stereocenters. The SMILES string of the molecule is O=C(Nc1cc(F)ccc1Br)c1cccc(OC(F)F)c1. The summed E-state index contributed by atoms with van der Waals surface area (Å²) in [5.74, 6) is -1.21. The summed E-state index contributed by atoms with van der Waals surface area (Å²) in [5, 5.41) is 2.48. The van der Waals surface area contributed by atoms with Gasteiger partial charge < -0.3 is 10.1 Å². The van der Waals surface area contributed by atoms with E-state index >= 15 is 0 Å². The fraction of sp³-hybridized carbons (Fsp3) is 0.0714. The Morgan fingerprint density at radius 1 is 1.19 bits per heavy atom. The number of alkyl halides is 2. The van der Waals surface area contributed by atoms with Crippen molar-refractivity contribution in [2.75, 3.05) is 5.32 Å². The van der Waals surface area contributed by atoms with Gasteiger partial charge in [-0.25, -0.2) is 4.39 Å². The molecule has 0 unspecified atom stereocenters. The maximum absolute atomic E-state index is 13.1. The van der Waals surface area contributed by atoms with Crippen LogP contribution < -0.4 is 10.1 Å². The summed E-state index contributed by atoms with van der Waals surface area (Å²) in [5.41, 5.74) is 0.351. The molecule has 1 amide bonds. The van der Waals surface area contributed by atoms with Crippen molar-refractivity contribution in [1.29, 1.82) is 0 Å². The van der Waals surface area contributed by atoms with Gasteiger partial charge in [0.1, 0.15) is 11.6 Å². The lowest BCUT2D eigenvalue weighted by molar-refractivity contribution is -0.0498. The Balaban J connectivity index is 2.18. The fourth-order valence-corrected chi connectivity index (χ4v) is 1.95. The van der Waals surface area contributed by atoms with Crippen molar-refractivity contribution in [2.24, 2.45) is 0 Å². The molecule has 3 nitrogen and oxygen atoms in total. The van der Waals surface area contributed by atoms with Crippen LogP contribution in [0.25, 0.3) is 0 Å². The lowest BCUT2D eigenvalue weighted by Gasteiger charge is -2.09. The zero-order chi connectivity index (χ0) is 15.4. The van der Waals surface area contributed by atoms with Crippen LogP contribution in [-0.4, -0.2) is 12.5 Å². The van der Waals surface area contributed by atoms with Gasteiger partial charge in [-0.15, -0.1) is 0 Å². The highest BCUT2D eigenvalue weighted by molar-refractivity contribution is 9.10. The first-order valence-corrected chi connectivity index (χ1v) is 6.56. The number of anilines is 1. The molecule has 1 N–H and O–H groups in total. The van der Waals surface area contributed by atoms with Gasteiger partial charge in [0.2, 0.25) is 0 Å². The third-order valence-electron chi connectivity index (χ3n) is 2.50. The van der Waals surface area contributed by atoms with E-state index in [1.54, 1.807) is 0 Å². The fourth-order valence-electron chi connectivity index (χ4n) is 1.60. The maximum atomic E-state index is 13.1. The van der Waals surface area contributed by atoms with Gasteiger partial charge in [0.15, 0.2) is 0 Å². The van der Waals surface area contributed by atoms with Gasteiger partial charge in [-0.1, -0.05) is 6.07 Å². The van der Waals surface area contributed by atoms with Crippen LogP contribution in [0.15, 0.2) is 46.9 Å². The van der Waals surface area contributed by atoms with Gasteiger partial charge in [0, 0.05) is 10.0 Å². The standard InChI is InChI=1S/C14H9BrF3NO2/c15-11-5-4-9(16)7-12(11)19-13(20)8-2-1-3-10(6-8)21-14(17)18/h1-7,14H,(H,19,20). The second kappa shape index (κ2) is 6.62. The normalized spacial score (nSPS) is 10.5. The average Bonchev–Trinajstić information content (AvgIpc) is 2.42. The second-order valence-corrected chi connectivity index (χ2v) is 4.84. The van der Waals surface area contributed by atoms with E-state index in [1.807, 2.05) is 0 Å². The number of hydrogen-bond donors (Lipinski definition) is 1. The molecule has 0 aliphatic heterocycles. The van der Waals surface area contributed by atoms with E-state index in [0.29, 0.717) is 4.47 Å². The molecule has 0 saturated heterocycles. The highest BCUT2D eigenvalue weighted by Gasteiger charge is 2.11. The number of hydrogen-bond acceptors (Lipinski definition) is 2. The predicted molar refractivity (Wildman–Crippen MR) is 75.1 cm³/mol. The van der Waals surface area contributed by atoms with E-state index in [-0.39, 0.29) is 17.0 Å².